The number of aliphatic carboxylic acids is 1. The van der Waals surface area contributed by atoms with Crippen molar-refractivity contribution in [3.05, 3.63) is 88.1 Å². The Morgan fingerprint density at radius 1 is 1.10 bits per heavy atom. The van der Waals surface area contributed by atoms with Crippen molar-refractivity contribution in [1.82, 2.24) is 5.16 Å². The third-order valence-corrected chi connectivity index (χ3v) is 7.81. The Hall–Kier alpha value is -4.30. The number of carbonyl (C=O) groups is 2. The van der Waals surface area contributed by atoms with E-state index in [-0.39, 0.29) is 0 Å². The Morgan fingerprint density at radius 2 is 1.87 bits per heavy atom. The second-order valence-corrected chi connectivity index (χ2v) is 10.3. The number of nitrogens with one attached hydrogen (secondary N) is 1. The Labute approximate surface area is 229 Å². The highest BCUT2D eigenvalue weighted by Gasteiger charge is 2.51. The van der Waals surface area contributed by atoms with E-state index in [9.17, 15) is 14.7 Å². The molecule has 39 heavy (non-hydrogen) atoms. The second-order valence-electron chi connectivity index (χ2n) is 9.92. The Balaban J connectivity index is 1.24. The summed E-state index contributed by atoms with van der Waals surface area (Å²) in [6, 6.07) is 18.7. The molecular formula is C30H25ClN2O6. The van der Waals surface area contributed by atoms with Gasteiger partial charge in [-0.15, -0.1) is 0 Å². The van der Waals surface area contributed by atoms with Crippen LogP contribution in [-0.4, -0.2) is 22.3 Å². The van der Waals surface area contributed by atoms with Gasteiger partial charge >= 0.3 is 12.1 Å². The minimum Gasteiger partial charge on any atom is -0.488 e. The molecule has 2 N–H and O–H groups in total. The number of halogens is 1. The molecule has 2 aliphatic rings. The van der Waals surface area contributed by atoms with Crippen molar-refractivity contribution in [3.8, 4) is 28.1 Å². The van der Waals surface area contributed by atoms with E-state index in [0.717, 1.165) is 22.3 Å². The predicted octanol–water partition coefficient (Wildman–Crippen LogP) is 7.29. The number of carboxylic acid groups (broad SMARTS) is 1. The van der Waals surface area contributed by atoms with Gasteiger partial charge in [0.25, 0.3) is 0 Å². The number of amides is 1. The van der Waals surface area contributed by atoms with Gasteiger partial charge in [-0.2, -0.15) is 0 Å². The highest BCUT2D eigenvalue weighted by Crippen LogP contribution is 2.50. The molecule has 0 saturated heterocycles. The topological polar surface area (TPSA) is 111 Å². The maximum atomic E-state index is 12.7. The fourth-order valence-corrected chi connectivity index (χ4v) is 5.36. The number of hydrogen-bond acceptors (Lipinski definition) is 6. The lowest BCUT2D eigenvalue weighted by atomic mass is 9.89. The van der Waals surface area contributed by atoms with Crippen LogP contribution in [0.2, 0.25) is 5.02 Å². The fraction of sp³-hybridized carbons (Fsp3) is 0.233. The summed E-state index contributed by atoms with van der Waals surface area (Å²) < 4.78 is 17.0. The van der Waals surface area contributed by atoms with Crippen LogP contribution in [-0.2, 0) is 21.6 Å². The molecular weight excluding hydrogens is 520 g/mol. The number of carbonyl (C=O) groups excluding carboxylic acids is 1. The third kappa shape index (κ3) is 4.40. The monoisotopic (exact) mass is 544 g/mol. The van der Waals surface area contributed by atoms with Gasteiger partial charge in [-0.25, -0.2) is 4.79 Å². The maximum absolute atomic E-state index is 12.7. The summed E-state index contributed by atoms with van der Waals surface area (Å²) in [4.78, 5) is 24.5. The molecule has 1 aliphatic heterocycles. The van der Waals surface area contributed by atoms with Gasteiger partial charge in [-0.1, -0.05) is 59.2 Å². The van der Waals surface area contributed by atoms with Gasteiger partial charge in [0.15, 0.2) is 5.76 Å². The molecule has 6 rings (SSSR count). The van der Waals surface area contributed by atoms with Crippen molar-refractivity contribution in [2.75, 3.05) is 5.32 Å². The minimum atomic E-state index is -0.779. The molecule has 1 saturated carbocycles. The molecule has 9 heteroatoms. The summed E-state index contributed by atoms with van der Waals surface area (Å²) in [6.07, 6.45) is 0.0815. The van der Waals surface area contributed by atoms with Crippen LogP contribution in [0.15, 0.2) is 65.2 Å². The summed E-state index contributed by atoms with van der Waals surface area (Å²) in [7, 11) is 0. The number of aromatic nitrogens is 1. The van der Waals surface area contributed by atoms with Crippen LogP contribution in [0, 0.1) is 6.92 Å². The zero-order valence-corrected chi connectivity index (χ0v) is 22.0. The molecule has 1 unspecified atom stereocenters. The van der Waals surface area contributed by atoms with E-state index in [2.05, 4.69) is 10.5 Å². The van der Waals surface area contributed by atoms with E-state index in [1.807, 2.05) is 48.5 Å². The summed E-state index contributed by atoms with van der Waals surface area (Å²) >= 11 is 6.24. The van der Waals surface area contributed by atoms with Gasteiger partial charge in [-0.3, -0.25) is 10.1 Å². The smallest absolute Gasteiger partial charge is 0.412 e. The Kier molecular flexibility index (Phi) is 6.07. The number of anilines is 1. The summed E-state index contributed by atoms with van der Waals surface area (Å²) in [5.74, 6) is 0.309. The lowest BCUT2D eigenvalue weighted by Crippen LogP contribution is -2.20. The average molecular weight is 545 g/mol. The molecule has 1 atom stereocenters. The van der Waals surface area contributed by atoms with Gasteiger partial charge in [0, 0.05) is 21.7 Å². The number of ether oxygens (including phenoxy) is 2. The number of aryl methyl sites for hydroxylation is 1. The van der Waals surface area contributed by atoms with E-state index in [1.165, 1.54) is 0 Å². The Bertz CT molecular complexity index is 1620. The van der Waals surface area contributed by atoms with Gasteiger partial charge in [0.1, 0.15) is 29.8 Å². The lowest BCUT2D eigenvalue weighted by molar-refractivity contribution is -0.140. The van der Waals surface area contributed by atoms with Gasteiger partial charge in [0.2, 0.25) is 0 Å². The SMILES string of the molecule is Cc1onc(-c2ccc3c(c2)OCc2cc(C4(C(=O)O)CC4)ccc2-3)c1NC(=O)OC(C)c1ccccc1Cl. The summed E-state index contributed by atoms with van der Waals surface area (Å²) in [6.45, 7) is 3.77. The van der Waals surface area contributed by atoms with Crippen LogP contribution in [0.3, 0.4) is 0 Å². The van der Waals surface area contributed by atoms with Crippen LogP contribution in [0.4, 0.5) is 10.5 Å². The van der Waals surface area contributed by atoms with Crippen molar-refractivity contribution in [3.63, 3.8) is 0 Å². The molecule has 0 radical (unpaired) electrons. The fourth-order valence-electron chi connectivity index (χ4n) is 5.07. The van der Waals surface area contributed by atoms with Crippen LogP contribution in [0.5, 0.6) is 5.75 Å². The van der Waals surface area contributed by atoms with E-state index in [4.69, 9.17) is 25.6 Å². The Morgan fingerprint density at radius 3 is 2.62 bits per heavy atom. The number of benzene rings is 3. The van der Waals surface area contributed by atoms with Gasteiger partial charge in [-0.05, 0) is 61.6 Å². The van der Waals surface area contributed by atoms with Crippen molar-refractivity contribution >= 4 is 29.4 Å². The summed E-state index contributed by atoms with van der Waals surface area (Å²) in [5.41, 5.74) is 5.15. The first-order chi connectivity index (χ1) is 18.8. The zero-order valence-electron chi connectivity index (χ0n) is 21.3. The van der Waals surface area contributed by atoms with Crippen molar-refractivity contribution in [2.24, 2.45) is 0 Å². The molecule has 3 aromatic carbocycles. The van der Waals surface area contributed by atoms with E-state index < -0.39 is 23.6 Å². The van der Waals surface area contributed by atoms with Crippen LogP contribution in [0.25, 0.3) is 22.4 Å². The minimum absolute atomic E-state index is 0.324. The number of rotatable bonds is 6. The molecule has 198 valence electrons. The van der Waals surface area contributed by atoms with Crippen LogP contribution < -0.4 is 10.1 Å². The molecule has 0 spiro atoms. The highest BCUT2D eigenvalue weighted by molar-refractivity contribution is 6.31. The van der Waals surface area contributed by atoms with Gasteiger partial charge in [0.05, 0.1) is 5.41 Å². The number of fused-ring (bicyclic) bond motifs is 3. The van der Waals surface area contributed by atoms with E-state index in [0.29, 0.717) is 58.5 Å². The zero-order chi connectivity index (χ0) is 27.3. The first kappa shape index (κ1) is 25.0. The van der Waals surface area contributed by atoms with Crippen molar-refractivity contribution < 1.29 is 28.7 Å². The van der Waals surface area contributed by atoms with Crippen molar-refractivity contribution in [2.45, 2.75) is 44.8 Å². The molecule has 4 aromatic rings. The van der Waals surface area contributed by atoms with Gasteiger partial charge < -0.3 is 19.1 Å². The number of nitrogens with zero attached hydrogens (tertiary/aromatic N) is 1. The summed E-state index contributed by atoms with van der Waals surface area (Å²) in [5, 5.41) is 17.1. The first-order valence-electron chi connectivity index (χ1n) is 12.6. The first-order valence-corrected chi connectivity index (χ1v) is 13.0. The number of carboxylic acids is 1. The lowest BCUT2D eigenvalue weighted by Gasteiger charge is -2.23. The molecule has 8 nitrogen and oxygen atoms in total. The largest absolute Gasteiger partial charge is 0.488 e. The molecule has 1 aliphatic carbocycles. The van der Waals surface area contributed by atoms with Crippen molar-refractivity contribution in [1.29, 1.82) is 0 Å². The second kappa shape index (κ2) is 9.47. The van der Waals surface area contributed by atoms with Crippen LogP contribution >= 0.6 is 11.6 Å². The highest BCUT2D eigenvalue weighted by atomic mass is 35.5. The molecule has 1 amide bonds. The average Bonchev–Trinajstić information content (AvgIpc) is 3.67. The number of hydrogen-bond donors (Lipinski definition) is 2. The molecule has 1 fully saturated rings. The predicted molar refractivity (Wildman–Crippen MR) is 145 cm³/mol. The normalized spacial score (nSPS) is 15.4. The molecule has 2 heterocycles. The molecule has 1 aromatic heterocycles. The maximum Gasteiger partial charge on any atom is 0.412 e. The van der Waals surface area contributed by atoms with E-state index in [1.54, 1.807) is 26.0 Å². The molecule has 0 bridgehead atoms. The van der Waals surface area contributed by atoms with E-state index >= 15 is 0 Å². The van der Waals surface area contributed by atoms with Crippen LogP contribution in [0.1, 0.15) is 48.3 Å². The standard InChI is InChI=1S/C30H25ClN2O6/c1-16(21-5-3-4-6-24(21)31)38-29(36)32-26-17(2)39-33-27(26)18-7-9-23-22-10-8-20(30(11-12-30)28(34)35)13-19(22)15-37-25(23)14-18/h3-10,13-14,16H,11-12,15H2,1-2H3,(H,32,36)(H,34,35). The third-order valence-electron chi connectivity index (χ3n) is 7.46. The quantitative estimate of drug-likeness (QED) is 0.262.